The smallest absolute Gasteiger partial charge is 0.312 e. The highest BCUT2D eigenvalue weighted by Gasteiger charge is 2.24. The van der Waals surface area contributed by atoms with E-state index < -0.39 is 11.9 Å². The standard InChI is InChI=1S/C12H12N6O3/c1-6(12(19)20)7-4-3-5-8-13-9(10-14-16-17-15-10)11(21-2)18(7)8/h3-6H,1-2H3,(H,19,20)(H,14,15,16,17). The molecule has 3 aromatic rings. The highest BCUT2D eigenvalue weighted by Crippen LogP contribution is 2.31. The number of ether oxygens (including phenoxy) is 1. The lowest BCUT2D eigenvalue weighted by Gasteiger charge is -2.11. The van der Waals surface area contributed by atoms with Crippen molar-refractivity contribution in [1.82, 2.24) is 30.0 Å². The zero-order valence-corrected chi connectivity index (χ0v) is 11.3. The van der Waals surface area contributed by atoms with Crippen LogP contribution in [0.5, 0.6) is 5.88 Å². The van der Waals surface area contributed by atoms with E-state index in [2.05, 4.69) is 25.6 Å². The van der Waals surface area contributed by atoms with E-state index in [1.807, 2.05) is 0 Å². The Morgan fingerprint density at radius 3 is 2.90 bits per heavy atom. The quantitative estimate of drug-likeness (QED) is 0.725. The number of nitrogens with zero attached hydrogens (tertiary/aromatic N) is 5. The first-order chi connectivity index (χ1) is 10.1. The molecular formula is C12H12N6O3. The first-order valence-corrected chi connectivity index (χ1v) is 6.15. The number of hydrogen-bond acceptors (Lipinski definition) is 6. The number of aliphatic carboxylic acids is 1. The number of carboxylic acid groups (broad SMARTS) is 1. The van der Waals surface area contributed by atoms with Crippen LogP contribution >= 0.6 is 0 Å². The summed E-state index contributed by atoms with van der Waals surface area (Å²) < 4.78 is 7.02. The van der Waals surface area contributed by atoms with Gasteiger partial charge in [-0.25, -0.2) is 4.98 Å². The molecule has 0 aliphatic rings. The number of H-pyrrole nitrogens is 1. The van der Waals surface area contributed by atoms with Crippen molar-refractivity contribution in [3.63, 3.8) is 0 Å². The van der Waals surface area contributed by atoms with E-state index in [0.29, 0.717) is 22.9 Å². The van der Waals surface area contributed by atoms with Gasteiger partial charge in [-0.1, -0.05) is 6.07 Å². The molecule has 108 valence electrons. The molecule has 3 aromatic heterocycles. The van der Waals surface area contributed by atoms with Crippen LogP contribution in [0.3, 0.4) is 0 Å². The second kappa shape index (κ2) is 4.85. The number of imidazole rings is 1. The highest BCUT2D eigenvalue weighted by molar-refractivity contribution is 5.76. The van der Waals surface area contributed by atoms with E-state index in [1.54, 1.807) is 29.5 Å². The molecule has 1 unspecified atom stereocenters. The molecule has 0 saturated heterocycles. The summed E-state index contributed by atoms with van der Waals surface area (Å²) in [5, 5.41) is 22.8. The molecule has 9 heteroatoms. The molecule has 0 aliphatic carbocycles. The minimum atomic E-state index is -0.931. The number of carbonyl (C=O) groups is 1. The Morgan fingerprint density at radius 2 is 2.29 bits per heavy atom. The molecule has 9 nitrogen and oxygen atoms in total. The number of aromatic amines is 1. The Hall–Kier alpha value is -2.97. The van der Waals surface area contributed by atoms with Crippen molar-refractivity contribution in [3.8, 4) is 17.4 Å². The number of carboxylic acids is 1. The molecule has 0 fully saturated rings. The van der Waals surface area contributed by atoms with Gasteiger partial charge in [0, 0.05) is 5.69 Å². The molecule has 21 heavy (non-hydrogen) atoms. The average molecular weight is 288 g/mol. The van der Waals surface area contributed by atoms with Gasteiger partial charge in [0.25, 0.3) is 0 Å². The van der Waals surface area contributed by atoms with E-state index in [0.717, 1.165) is 0 Å². The summed E-state index contributed by atoms with van der Waals surface area (Å²) in [6.45, 7) is 1.60. The fourth-order valence-electron chi connectivity index (χ4n) is 2.15. The molecule has 0 radical (unpaired) electrons. The number of methoxy groups -OCH3 is 1. The van der Waals surface area contributed by atoms with Gasteiger partial charge in [0.15, 0.2) is 5.69 Å². The molecule has 0 saturated carbocycles. The van der Waals surface area contributed by atoms with Crippen molar-refractivity contribution in [1.29, 1.82) is 0 Å². The van der Waals surface area contributed by atoms with Crippen molar-refractivity contribution in [2.45, 2.75) is 12.8 Å². The third-order valence-electron chi connectivity index (χ3n) is 3.20. The zero-order chi connectivity index (χ0) is 15.0. The van der Waals surface area contributed by atoms with Crippen LogP contribution in [0.1, 0.15) is 18.5 Å². The Labute approximate surface area is 118 Å². The molecule has 1 atom stereocenters. The van der Waals surface area contributed by atoms with Crippen molar-refractivity contribution < 1.29 is 14.6 Å². The van der Waals surface area contributed by atoms with Crippen LogP contribution < -0.4 is 4.74 Å². The first-order valence-electron chi connectivity index (χ1n) is 6.15. The summed E-state index contributed by atoms with van der Waals surface area (Å²) in [6.07, 6.45) is 0. The Kier molecular flexibility index (Phi) is 3.01. The predicted octanol–water partition coefficient (Wildman–Crippen LogP) is 0.711. The van der Waals surface area contributed by atoms with Gasteiger partial charge < -0.3 is 9.84 Å². The summed E-state index contributed by atoms with van der Waals surface area (Å²) in [6, 6.07) is 5.22. The van der Waals surface area contributed by atoms with Gasteiger partial charge in [-0.2, -0.15) is 5.21 Å². The molecule has 0 amide bonds. The molecule has 0 aliphatic heterocycles. The molecule has 0 spiro atoms. The number of tetrazole rings is 1. The van der Waals surface area contributed by atoms with E-state index in [9.17, 15) is 9.90 Å². The van der Waals surface area contributed by atoms with Gasteiger partial charge in [-0.15, -0.1) is 10.2 Å². The van der Waals surface area contributed by atoms with Crippen molar-refractivity contribution >= 4 is 11.6 Å². The fourth-order valence-corrected chi connectivity index (χ4v) is 2.15. The van der Waals surface area contributed by atoms with Crippen LogP contribution in [0.2, 0.25) is 0 Å². The van der Waals surface area contributed by atoms with Crippen molar-refractivity contribution in [2.24, 2.45) is 0 Å². The topological polar surface area (TPSA) is 118 Å². The normalized spacial score (nSPS) is 12.5. The lowest BCUT2D eigenvalue weighted by molar-refractivity contribution is -0.138. The van der Waals surface area contributed by atoms with Crippen LogP contribution in [-0.2, 0) is 4.79 Å². The highest BCUT2D eigenvalue weighted by atomic mass is 16.5. The van der Waals surface area contributed by atoms with Gasteiger partial charge in [0.1, 0.15) is 5.65 Å². The molecule has 3 rings (SSSR count). The summed E-state index contributed by atoms with van der Waals surface area (Å²) in [5.41, 5.74) is 1.51. The monoisotopic (exact) mass is 288 g/mol. The number of nitrogens with one attached hydrogen (secondary N) is 1. The van der Waals surface area contributed by atoms with Crippen LogP contribution in [0.15, 0.2) is 18.2 Å². The molecular weight excluding hydrogens is 276 g/mol. The Morgan fingerprint density at radius 1 is 1.48 bits per heavy atom. The van der Waals surface area contributed by atoms with E-state index in [4.69, 9.17) is 4.74 Å². The van der Waals surface area contributed by atoms with E-state index >= 15 is 0 Å². The Balaban J connectivity index is 2.31. The SMILES string of the molecule is COc1c(-c2nn[nH]n2)nc2cccc(C(C)C(=O)O)n12. The summed E-state index contributed by atoms with van der Waals surface area (Å²) in [5.74, 6) is -0.992. The maximum atomic E-state index is 11.3. The third-order valence-corrected chi connectivity index (χ3v) is 3.20. The molecule has 3 heterocycles. The van der Waals surface area contributed by atoms with Crippen molar-refractivity contribution in [3.05, 3.63) is 23.9 Å². The maximum absolute atomic E-state index is 11.3. The molecule has 2 N–H and O–H groups in total. The van der Waals surface area contributed by atoms with Crippen LogP contribution in [0.4, 0.5) is 0 Å². The second-order valence-electron chi connectivity index (χ2n) is 4.41. The first kappa shape index (κ1) is 13.0. The number of fused-ring (bicyclic) bond motifs is 1. The maximum Gasteiger partial charge on any atom is 0.312 e. The van der Waals surface area contributed by atoms with Gasteiger partial charge in [0.05, 0.1) is 13.0 Å². The molecule has 0 aromatic carbocycles. The number of aromatic nitrogens is 6. The van der Waals surface area contributed by atoms with Crippen molar-refractivity contribution in [2.75, 3.05) is 7.11 Å². The van der Waals surface area contributed by atoms with Gasteiger partial charge in [0.2, 0.25) is 11.7 Å². The van der Waals surface area contributed by atoms with E-state index in [1.165, 1.54) is 7.11 Å². The summed E-state index contributed by atoms with van der Waals surface area (Å²) in [7, 11) is 1.48. The fraction of sp³-hybridized carbons (Fsp3) is 0.250. The average Bonchev–Trinajstić information content (AvgIpc) is 3.12. The summed E-state index contributed by atoms with van der Waals surface area (Å²) >= 11 is 0. The van der Waals surface area contributed by atoms with Gasteiger partial charge in [-0.05, 0) is 24.3 Å². The number of hydrogen-bond donors (Lipinski definition) is 2. The molecule has 0 bridgehead atoms. The van der Waals surface area contributed by atoms with E-state index in [-0.39, 0.29) is 5.82 Å². The van der Waals surface area contributed by atoms with Gasteiger partial charge in [-0.3, -0.25) is 9.20 Å². The number of pyridine rings is 1. The minimum Gasteiger partial charge on any atom is -0.481 e. The minimum absolute atomic E-state index is 0.282. The second-order valence-corrected chi connectivity index (χ2v) is 4.41. The van der Waals surface area contributed by atoms with Gasteiger partial charge >= 0.3 is 5.97 Å². The lowest BCUT2D eigenvalue weighted by Crippen LogP contribution is -2.12. The lowest BCUT2D eigenvalue weighted by atomic mass is 10.1. The van der Waals surface area contributed by atoms with Crippen LogP contribution in [-0.4, -0.2) is 48.2 Å². The summed E-state index contributed by atoms with van der Waals surface area (Å²) in [4.78, 5) is 15.7. The zero-order valence-electron chi connectivity index (χ0n) is 11.3. The third kappa shape index (κ3) is 1.98. The Bertz CT molecular complexity index is 795. The largest absolute Gasteiger partial charge is 0.481 e. The van der Waals surface area contributed by atoms with Crippen LogP contribution in [0, 0.1) is 0 Å². The predicted molar refractivity (Wildman–Crippen MR) is 71.0 cm³/mol. The number of rotatable bonds is 4. The van der Waals surface area contributed by atoms with Crippen LogP contribution in [0.25, 0.3) is 17.2 Å².